The molecule has 0 amide bonds. The van der Waals surface area contributed by atoms with Gasteiger partial charge in [0.2, 0.25) is 0 Å². The van der Waals surface area contributed by atoms with Gasteiger partial charge in [0.15, 0.2) is 0 Å². The van der Waals surface area contributed by atoms with Gasteiger partial charge >= 0.3 is 0 Å². The van der Waals surface area contributed by atoms with Gasteiger partial charge in [-0.1, -0.05) is 23.2 Å². The molecule has 20 heavy (non-hydrogen) atoms. The molecule has 1 fully saturated rings. The molecule has 3 nitrogen and oxygen atoms in total. The average molecular weight is 295 g/mol. The number of rotatable bonds is 5. The number of methoxy groups -OCH3 is 1. The lowest BCUT2D eigenvalue weighted by atomic mass is 9.97. The summed E-state index contributed by atoms with van der Waals surface area (Å²) in [7, 11) is 1.66. The molecule has 0 radical (unpaired) electrons. The molecule has 1 aromatic rings. The lowest BCUT2D eigenvalue weighted by Crippen LogP contribution is -2.45. The van der Waals surface area contributed by atoms with Gasteiger partial charge in [0.1, 0.15) is 5.75 Å². The topological polar surface area (TPSA) is 24.5 Å². The van der Waals surface area contributed by atoms with E-state index in [0.717, 1.165) is 38.3 Å². The van der Waals surface area contributed by atoms with E-state index in [0.29, 0.717) is 11.1 Å². The Bertz CT molecular complexity index is 470. The second-order valence-corrected chi connectivity index (χ2v) is 5.76. The molecule has 0 aliphatic carbocycles. The first-order valence-corrected chi connectivity index (χ1v) is 7.42. The Labute approximate surface area is 126 Å². The van der Waals surface area contributed by atoms with Crippen LogP contribution < -0.4 is 10.1 Å². The number of nitrogens with zero attached hydrogens (tertiary/aromatic N) is 1. The number of ether oxygens (including phenoxy) is 1. The molecule has 0 spiro atoms. The number of benzene rings is 1. The Hall–Kier alpha value is -1.03. The van der Waals surface area contributed by atoms with Crippen LogP contribution in [-0.4, -0.2) is 38.2 Å². The molecular formula is C16H23ClN2O. The number of hydrogen-bond acceptors (Lipinski definition) is 3. The molecule has 2 rings (SSSR count). The fourth-order valence-electron chi connectivity index (χ4n) is 2.67. The lowest BCUT2D eigenvalue weighted by molar-refractivity contribution is 0.172. The van der Waals surface area contributed by atoms with Crippen molar-refractivity contribution in [2.24, 2.45) is 0 Å². The predicted octanol–water partition coefficient (Wildman–Crippen LogP) is 3.26. The van der Waals surface area contributed by atoms with Crippen molar-refractivity contribution in [1.29, 1.82) is 0 Å². The van der Waals surface area contributed by atoms with E-state index in [9.17, 15) is 0 Å². The fourth-order valence-corrected chi connectivity index (χ4v) is 2.86. The Morgan fingerprint density at radius 1 is 1.45 bits per heavy atom. The number of hydrogen-bond donors (Lipinski definition) is 1. The monoisotopic (exact) mass is 294 g/mol. The molecule has 110 valence electrons. The van der Waals surface area contributed by atoms with Crippen molar-refractivity contribution in [2.75, 3.05) is 33.3 Å². The summed E-state index contributed by atoms with van der Waals surface area (Å²) < 4.78 is 5.34. The summed E-state index contributed by atoms with van der Waals surface area (Å²) in [5.41, 5.74) is 2.44. The van der Waals surface area contributed by atoms with E-state index < -0.39 is 0 Å². The van der Waals surface area contributed by atoms with Crippen LogP contribution in [0.25, 0.3) is 0 Å². The van der Waals surface area contributed by atoms with Gasteiger partial charge in [0, 0.05) is 32.2 Å². The highest BCUT2D eigenvalue weighted by atomic mass is 35.5. The summed E-state index contributed by atoms with van der Waals surface area (Å²) in [6, 6.07) is 6.42. The Morgan fingerprint density at radius 3 is 2.75 bits per heavy atom. The van der Waals surface area contributed by atoms with Crippen LogP contribution in [-0.2, 0) is 0 Å². The van der Waals surface area contributed by atoms with E-state index in [1.807, 2.05) is 6.07 Å². The lowest BCUT2D eigenvalue weighted by Gasteiger charge is -2.35. The van der Waals surface area contributed by atoms with E-state index in [1.54, 1.807) is 7.11 Å². The molecule has 0 saturated carbocycles. The first-order chi connectivity index (χ1) is 9.61. The fraction of sp³-hybridized carbons (Fsp3) is 0.500. The first-order valence-electron chi connectivity index (χ1n) is 7.04. The van der Waals surface area contributed by atoms with Crippen LogP contribution in [0.5, 0.6) is 5.75 Å². The van der Waals surface area contributed by atoms with Crippen molar-refractivity contribution < 1.29 is 4.74 Å². The van der Waals surface area contributed by atoms with E-state index >= 15 is 0 Å². The number of halogens is 1. The van der Waals surface area contributed by atoms with Gasteiger partial charge in [0.05, 0.1) is 12.1 Å². The summed E-state index contributed by atoms with van der Waals surface area (Å²) in [5, 5.41) is 4.05. The summed E-state index contributed by atoms with van der Waals surface area (Å²) >= 11 is 6.13. The highest BCUT2D eigenvalue weighted by Crippen LogP contribution is 2.33. The molecule has 1 saturated heterocycles. The normalized spacial score (nSPS) is 17.8. The predicted molar refractivity (Wildman–Crippen MR) is 84.6 cm³/mol. The van der Waals surface area contributed by atoms with Gasteiger partial charge in [-0.15, -0.1) is 6.58 Å². The maximum Gasteiger partial charge on any atom is 0.137 e. The first kappa shape index (κ1) is 15.4. The molecule has 1 aliphatic heterocycles. The van der Waals surface area contributed by atoms with Crippen molar-refractivity contribution in [1.82, 2.24) is 10.2 Å². The second kappa shape index (κ2) is 7.11. The van der Waals surface area contributed by atoms with Crippen molar-refractivity contribution in [3.05, 3.63) is 40.9 Å². The van der Waals surface area contributed by atoms with Crippen molar-refractivity contribution in [2.45, 2.75) is 19.4 Å². The average Bonchev–Trinajstić information content (AvgIpc) is 2.46. The van der Waals surface area contributed by atoms with Crippen LogP contribution in [0.3, 0.4) is 0 Å². The minimum atomic E-state index is 0.348. The van der Waals surface area contributed by atoms with Crippen LogP contribution in [0.1, 0.15) is 24.9 Å². The van der Waals surface area contributed by atoms with Gasteiger partial charge in [0.25, 0.3) is 0 Å². The molecule has 0 aromatic heterocycles. The second-order valence-electron chi connectivity index (χ2n) is 5.36. The molecular weight excluding hydrogens is 272 g/mol. The SMILES string of the molecule is C=C(C)C[C@@H](c1ccc(Cl)c(OC)c1)N1CCNCC1. The van der Waals surface area contributed by atoms with E-state index in [4.69, 9.17) is 16.3 Å². The third kappa shape index (κ3) is 3.75. The zero-order valence-corrected chi connectivity index (χ0v) is 13.0. The Kier molecular flexibility index (Phi) is 5.46. The van der Waals surface area contributed by atoms with E-state index in [-0.39, 0.29) is 0 Å². The van der Waals surface area contributed by atoms with Gasteiger partial charge in [-0.2, -0.15) is 0 Å². The van der Waals surface area contributed by atoms with Gasteiger partial charge in [-0.25, -0.2) is 0 Å². The van der Waals surface area contributed by atoms with E-state index in [2.05, 4.69) is 35.9 Å². The van der Waals surface area contributed by atoms with Crippen LogP contribution in [0.15, 0.2) is 30.4 Å². The minimum absolute atomic E-state index is 0.348. The molecule has 1 aromatic carbocycles. The maximum absolute atomic E-state index is 6.13. The largest absolute Gasteiger partial charge is 0.495 e. The Morgan fingerprint density at radius 2 is 2.15 bits per heavy atom. The number of piperazine rings is 1. The summed E-state index contributed by atoms with van der Waals surface area (Å²) in [4.78, 5) is 2.51. The standard InChI is InChI=1S/C16H23ClN2O/c1-12(2)10-15(19-8-6-18-7-9-19)13-4-5-14(17)16(11-13)20-3/h4-5,11,15,18H,1,6-10H2,2-3H3/t15-/m0/s1. The third-order valence-electron chi connectivity index (χ3n) is 3.69. The van der Waals surface area contributed by atoms with Gasteiger partial charge < -0.3 is 10.1 Å². The smallest absolute Gasteiger partial charge is 0.137 e. The van der Waals surface area contributed by atoms with Gasteiger partial charge in [-0.3, -0.25) is 4.90 Å². The molecule has 1 atom stereocenters. The molecule has 0 bridgehead atoms. The highest BCUT2D eigenvalue weighted by Gasteiger charge is 2.22. The van der Waals surface area contributed by atoms with E-state index in [1.165, 1.54) is 11.1 Å². The zero-order chi connectivity index (χ0) is 14.5. The van der Waals surface area contributed by atoms with Crippen molar-refractivity contribution in [3.8, 4) is 5.75 Å². The maximum atomic E-state index is 6.13. The van der Waals surface area contributed by atoms with Crippen molar-refractivity contribution in [3.63, 3.8) is 0 Å². The summed E-state index contributed by atoms with van der Waals surface area (Å²) in [6.07, 6.45) is 0.963. The highest BCUT2D eigenvalue weighted by molar-refractivity contribution is 6.32. The molecule has 0 unspecified atom stereocenters. The molecule has 1 aliphatic rings. The van der Waals surface area contributed by atoms with Crippen LogP contribution >= 0.6 is 11.6 Å². The molecule has 1 N–H and O–H groups in total. The van der Waals surface area contributed by atoms with Crippen molar-refractivity contribution >= 4 is 11.6 Å². The third-order valence-corrected chi connectivity index (χ3v) is 4.01. The number of nitrogens with one attached hydrogen (secondary N) is 1. The quantitative estimate of drug-likeness (QED) is 0.844. The zero-order valence-electron chi connectivity index (χ0n) is 12.3. The summed E-state index contributed by atoms with van der Waals surface area (Å²) in [6.45, 7) is 10.4. The Balaban J connectivity index is 2.27. The van der Waals surface area contributed by atoms with Crippen LogP contribution in [0, 0.1) is 0 Å². The van der Waals surface area contributed by atoms with Crippen LogP contribution in [0.4, 0.5) is 0 Å². The molecule has 4 heteroatoms. The van der Waals surface area contributed by atoms with Gasteiger partial charge in [-0.05, 0) is 31.0 Å². The van der Waals surface area contributed by atoms with Crippen LogP contribution in [0.2, 0.25) is 5.02 Å². The molecule has 1 heterocycles. The summed E-state index contributed by atoms with van der Waals surface area (Å²) in [5.74, 6) is 0.742. The minimum Gasteiger partial charge on any atom is -0.495 e.